The first-order chi connectivity index (χ1) is 9.13. The minimum Gasteiger partial charge on any atom is -0.383 e. The predicted molar refractivity (Wildman–Crippen MR) is 82.6 cm³/mol. The second-order valence-corrected chi connectivity index (χ2v) is 5.03. The Morgan fingerprint density at radius 3 is 2.32 bits per heavy atom. The van der Waals surface area contributed by atoms with Gasteiger partial charge in [-0.3, -0.25) is 0 Å². The minimum atomic E-state index is 0.441. The van der Waals surface area contributed by atoms with Crippen molar-refractivity contribution in [3.05, 3.63) is 40.0 Å². The van der Waals surface area contributed by atoms with E-state index in [4.69, 9.17) is 5.73 Å². The molecule has 0 aliphatic carbocycles. The average molecular weight is 321 g/mol. The van der Waals surface area contributed by atoms with Gasteiger partial charge in [0.2, 0.25) is 5.95 Å². The van der Waals surface area contributed by atoms with Crippen molar-refractivity contribution in [2.45, 2.75) is 26.7 Å². The summed E-state index contributed by atoms with van der Waals surface area (Å²) in [7, 11) is 0. The highest BCUT2D eigenvalue weighted by molar-refractivity contribution is 9.10. The largest absolute Gasteiger partial charge is 0.383 e. The molecule has 0 saturated carbocycles. The predicted octanol–water partition coefficient (Wildman–Crippen LogP) is 3.69. The van der Waals surface area contributed by atoms with Gasteiger partial charge in [-0.05, 0) is 39.9 Å². The topological polar surface area (TPSA) is 63.8 Å². The van der Waals surface area contributed by atoms with E-state index in [0.29, 0.717) is 16.4 Å². The summed E-state index contributed by atoms with van der Waals surface area (Å²) in [6, 6.07) is 7.99. The first-order valence-electron chi connectivity index (χ1n) is 6.31. The molecule has 0 aliphatic rings. The molecule has 0 atom stereocenters. The number of rotatable bonds is 4. The number of aromatic nitrogens is 2. The van der Waals surface area contributed by atoms with Crippen molar-refractivity contribution in [1.29, 1.82) is 0 Å². The quantitative estimate of drug-likeness (QED) is 0.843. The van der Waals surface area contributed by atoms with Gasteiger partial charge in [-0.2, -0.15) is 4.98 Å². The van der Waals surface area contributed by atoms with Crippen LogP contribution in [-0.2, 0) is 12.8 Å². The molecule has 0 aliphatic heterocycles. The maximum atomic E-state index is 5.73. The molecule has 1 aromatic carbocycles. The smallest absolute Gasteiger partial charge is 0.230 e. The summed E-state index contributed by atoms with van der Waals surface area (Å²) in [5, 5.41) is 3.29. The molecule has 3 N–H and O–H groups in total. The number of nitrogens with zero attached hydrogens (tertiary/aromatic N) is 2. The zero-order valence-corrected chi connectivity index (χ0v) is 12.7. The highest BCUT2D eigenvalue weighted by Gasteiger charge is 2.08. The Labute approximate surface area is 121 Å². The van der Waals surface area contributed by atoms with Crippen LogP contribution in [0.4, 0.5) is 17.5 Å². The lowest BCUT2D eigenvalue weighted by Gasteiger charge is -2.14. The van der Waals surface area contributed by atoms with Crippen LogP contribution in [0.15, 0.2) is 28.9 Å². The zero-order valence-electron chi connectivity index (χ0n) is 11.1. The number of nitrogen functional groups attached to an aromatic ring is 1. The monoisotopic (exact) mass is 320 g/mol. The molecule has 0 radical (unpaired) electrons. The molecular weight excluding hydrogens is 304 g/mol. The van der Waals surface area contributed by atoms with Crippen LogP contribution in [0.1, 0.15) is 25.0 Å². The van der Waals surface area contributed by atoms with Gasteiger partial charge in [0, 0.05) is 11.8 Å². The number of anilines is 3. The Bertz CT molecular complexity index is 541. The van der Waals surface area contributed by atoms with Crippen LogP contribution < -0.4 is 11.1 Å². The van der Waals surface area contributed by atoms with Crippen molar-refractivity contribution >= 4 is 33.4 Å². The van der Waals surface area contributed by atoms with Gasteiger partial charge in [-0.15, -0.1) is 0 Å². The Morgan fingerprint density at radius 2 is 1.79 bits per heavy atom. The molecule has 100 valence electrons. The maximum absolute atomic E-state index is 5.73. The number of halogens is 1. The van der Waals surface area contributed by atoms with Crippen LogP contribution in [0.2, 0.25) is 0 Å². The molecule has 5 heteroatoms. The second kappa shape index (κ2) is 6.02. The average Bonchev–Trinajstić information content (AvgIpc) is 2.37. The normalized spacial score (nSPS) is 10.5. The van der Waals surface area contributed by atoms with Gasteiger partial charge in [0.1, 0.15) is 10.4 Å². The molecule has 0 unspecified atom stereocenters. The van der Waals surface area contributed by atoms with Gasteiger partial charge < -0.3 is 11.1 Å². The van der Waals surface area contributed by atoms with Crippen LogP contribution in [0.25, 0.3) is 0 Å². The third-order valence-corrected chi connectivity index (χ3v) is 3.36. The first-order valence-corrected chi connectivity index (χ1v) is 7.11. The summed E-state index contributed by atoms with van der Waals surface area (Å²) < 4.78 is 0.675. The molecule has 2 rings (SSSR count). The fraction of sp³-hybridized carbons (Fsp3) is 0.286. The molecule has 0 amide bonds. The van der Waals surface area contributed by atoms with Crippen LogP contribution in [-0.4, -0.2) is 9.97 Å². The summed E-state index contributed by atoms with van der Waals surface area (Å²) >= 11 is 3.33. The van der Waals surface area contributed by atoms with Gasteiger partial charge in [0.15, 0.2) is 0 Å². The summed E-state index contributed by atoms with van der Waals surface area (Å²) in [4.78, 5) is 8.50. The Kier molecular flexibility index (Phi) is 4.37. The van der Waals surface area contributed by atoms with E-state index in [1.54, 1.807) is 6.07 Å². The number of hydrogen-bond donors (Lipinski definition) is 2. The van der Waals surface area contributed by atoms with Crippen molar-refractivity contribution in [3.63, 3.8) is 0 Å². The zero-order chi connectivity index (χ0) is 13.8. The fourth-order valence-corrected chi connectivity index (χ4v) is 2.41. The van der Waals surface area contributed by atoms with Crippen molar-refractivity contribution < 1.29 is 0 Å². The standard InChI is InChI=1S/C14H17BrN4/c1-3-9-6-5-7-10(4-2)13(9)19-14-17-11(15)8-12(16)18-14/h5-8H,3-4H2,1-2H3,(H3,16,17,18,19). The van der Waals surface area contributed by atoms with E-state index in [0.717, 1.165) is 18.5 Å². The highest BCUT2D eigenvalue weighted by Crippen LogP contribution is 2.26. The van der Waals surface area contributed by atoms with Crippen molar-refractivity contribution in [1.82, 2.24) is 9.97 Å². The van der Waals surface area contributed by atoms with E-state index >= 15 is 0 Å². The molecule has 2 aromatic rings. The summed E-state index contributed by atoms with van der Waals surface area (Å²) in [5.41, 5.74) is 9.32. The van der Waals surface area contributed by atoms with Crippen LogP contribution in [0, 0.1) is 0 Å². The van der Waals surface area contributed by atoms with Crippen LogP contribution in [0.5, 0.6) is 0 Å². The van der Waals surface area contributed by atoms with E-state index in [1.807, 2.05) is 0 Å². The molecule has 19 heavy (non-hydrogen) atoms. The third-order valence-electron chi connectivity index (χ3n) is 2.95. The Hall–Kier alpha value is -1.62. The van der Waals surface area contributed by atoms with Gasteiger partial charge in [-0.1, -0.05) is 32.0 Å². The van der Waals surface area contributed by atoms with Crippen LogP contribution in [0.3, 0.4) is 0 Å². The third kappa shape index (κ3) is 3.23. The molecule has 4 nitrogen and oxygen atoms in total. The number of hydrogen-bond acceptors (Lipinski definition) is 4. The molecule has 0 bridgehead atoms. The fourth-order valence-electron chi connectivity index (χ4n) is 2.01. The van der Waals surface area contributed by atoms with E-state index in [-0.39, 0.29) is 0 Å². The number of para-hydroxylation sites is 1. The molecule has 0 spiro atoms. The lowest BCUT2D eigenvalue weighted by Crippen LogP contribution is -2.05. The molecule has 1 aromatic heterocycles. The van der Waals surface area contributed by atoms with E-state index in [9.17, 15) is 0 Å². The van der Waals surface area contributed by atoms with Crippen molar-refractivity contribution in [2.24, 2.45) is 0 Å². The number of nitrogens with one attached hydrogen (secondary N) is 1. The number of nitrogens with two attached hydrogens (primary N) is 1. The Morgan fingerprint density at radius 1 is 1.16 bits per heavy atom. The summed E-state index contributed by atoms with van der Waals surface area (Å²) in [6.45, 7) is 4.27. The molecule has 0 saturated heterocycles. The van der Waals surface area contributed by atoms with E-state index < -0.39 is 0 Å². The summed E-state index contributed by atoms with van der Waals surface area (Å²) in [5.74, 6) is 0.957. The number of aryl methyl sites for hydroxylation is 2. The van der Waals surface area contributed by atoms with Gasteiger partial charge >= 0.3 is 0 Å². The molecule has 1 heterocycles. The van der Waals surface area contributed by atoms with E-state index in [2.05, 4.69) is 63.3 Å². The SMILES string of the molecule is CCc1cccc(CC)c1Nc1nc(N)cc(Br)n1. The van der Waals surface area contributed by atoms with E-state index in [1.165, 1.54) is 11.1 Å². The highest BCUT2D eigenvalue weighted by atomic mass is 79.9. The van der Waals surface area contributed by atoms with Gasteiger partial charge in [0.05, 0.1) is 0 Å². The van der Waals surface area contributed by atoms with Gasteiger partial charge in [0.25, 0.3) is 0 Å². The first kappa shape index (κ1) is 13.8. The Balaban J connectivity index is 2.41. The lowest BCUT2D eigenvalue weighted by atomic mass is 10.0. The van der Waals surface area contributed by atoms with Crippen molar-refractivity contribution in [2.75, 3.05) is 11.1 Å². The van der Waals surface area contributed by atoms with Gasteiger partial charge in [-0.25, -0.2) is 4.98 Å². The second-order valence-electron chi connectivity index (χ2n) is 4.22. The summed E-state index contributed by atoms with van der Waals surface area (Å²) in [6.07, 6.45) is 1.92. The molecular formula is C14H17BrN4. The van der Waals surface area contributed by atoms with Crippen LogP contribution >= 0.6 is 15.9 Å². The lowest BCUT2D eigenvalue weighted by molar-refractivity contribution is 1.07. The minimum absolute atomic E-state index is 0.441. The maximum Gasteiger partial charge on any atom is 0.230 e. The number of benzene rings is 1. The van der Waals surface area contributed by atoms with Crippen molar-refractivity contribution in [3.8, 4) is 0 Å². The molecule has 0 fully saturated rings.